The van der Waals surface area contributed by atoms with Gasteiger partial charge in [-0.25, -0.2) is 4.98 Å². The first-order valence-corrected chi connectivity index (χ1v) is 4.45. The van der Waals surface area contributed by atoms with Crippen LogP contribution in [0.25, 0.3) is 0 Å². The summed E-state index contributed by atoms with van der Waals surface area (Å²) in [6.07, 6.45) is 1.37. The molecule has 0 saturated carbocycles. The number of carbonyl (C=O) groups is 1. The molecule has 1 heterocycles. The van der Waals surface area contributed by atoms with Gasteiger partial charge in [0, 0.05) is 11.9 Å². The Kier molecular flexibility index (Phi) is 3.58. The normalized spacial score (nSPS) is 10.6. The molecule has 4 nitrogen and oxygen atoms in total. The fraction of sp³-hybridized carbons (Fsp3) is 0.182. The SMILES string of the molecule is CC(=O)/C(C#N)=C/Nc1cccc(C)n1. The summed E-state index contributed by atoms with van der Waals surface area (Å²) >= 11 is 0. The molecule has 4 heteroatoms. The second kappa shape index (κ2) is 4.91. The molecular weight excluding hydrogens is 190 g/mol. The van der Waals surface area contributed by atoms with E-state index >= 15 is 0 Å². The van der Waals surface area contributed by atoms with Crippen LogP contribution in [0.1, 0.15) is 12.6 Å². The van der Waals surface area contributed by atoms with Crippen LogP contribution >= 0.6 is 0 Å². The van der Waals surface area contributed by atoms with E-state index in [4.69, 9.17) is 5.26 Å². The van der Waals surface area contributed by atoms with E-state index in [9.17, 15) is 4.79 Å². The lowest BCUT2D eigenvalue weighted by atomic mass is 10.2. The first kappa shape index (κ1) is 10.9. The van der Waals surface area contributed by atoms with Gasteiger partial charge in [-0.2, -0.15) is 5.26 Å². The minimum atomic E-state index is -0.266. The van der Waals surface area contributed by atoms with Crippen LogP contribution in [0.4, 0.5) is 5.82 Å². The summed E-state index contributed by atoms with van der Waals surface area (Å²) in [5, 5.41) is 11.4. The molecule has 0 spiro atoms. The first-order chi connectivity index (χ1) is 7.13. The van der Waals surface area contributed by atoms with Gasteiger partial charge >= 0.3 is 0 Å². The Hall–Kier alpha value is -2.15. The summed E-state index contributed by atoms with van der Waals surface area (Å²) < 4.78 is 0. The average molecular weight is 201 g/mol. The minimum Gasteiger partial charge on any atom is -0.345 e. The van der Waals surface area contributed by atoms with Crippen molar-refractivity contribution in [2.45, 2.75) is 13.8 Å². The molecule has 0 saturated heterocycles. The first-order valence-electron chi connectivity index (χ1n) is 4.45. The fourth-order valence-electron chi connectivity index (χ4n) is 0.982. The zero-order chi connectivity index (χ0) is 11.3. The van der Waals surface area contributed by atoms with Gasteiger partial charge in [-0.15, -0.1) is 0 Å². The van der Waals surface area contributed by atoms with Crippen molar-refractivity contribution < 1.29 is 4.79 Å². The zero-order valence-electron chi connectivity index (χ0n) is 8.61. The number of nitriles is 1. The lowest BCUT2D eigenvalue weighted by Gasteiger charge is -2.00. The number of ketones is 1. The van der Waals surface area contributed by atoms with Gasteiger partial charge in [0.15, 0.2) is 5.78 Å². The topological polar surface area (TPSA) is 65.8 Å². The van der Waals surface area contributed by atoms with Crippen molar-refractivity contribution in [3.63, 3.8) is 0 Å². The van der Waals surface area contributed by atoms with Crippen molar-refractivity contribution in [2.75, 3.05) is 5.32 Å². The van der Waals surface area contributed by atoms with Gasteiger partial charge in [-0.1, -0.05) is 6.07 Å². The number of nitrogens with zero attached hydrogens (tertiary/aromatic N) is 2. The molecule has 1 aromatic heterocycles. The second-order valence-electron chi connectivity index (χ2n) is 3.03. The second-order valence-corrected chi connectivity index (χ2v) is 3.03. The van der Waals surface area contributed by atoms with Crippen LogP contribution < -0.4 is 5.32 Å². The third kappa shape index (κ3) is 3.24. The molecule has 15 heavy (non-hydrogen) atoms. The number of aromatic nitrogens is 1. The van der Waals surface area contributed by atoms with E-state index in [-0.39, 0.29) is 11.4 Å². The van der Waals surface area contributed by atoms with Crippen molar-refractivity contribution in [1.29, 1.82) is 5.26 Å². The molecule has 76 valence electrons. The molecule has 0 aromatic carbocycles. The number of aryl methyl sites for hydroxylation is 1. The Labute approximate surface area is 88.3 Å². The number of pyridine rings is 1. The quantitative estimate of drug-likeness (QED) is 0.598. The van der Waals surface area contributed by atoms with Gasteiger partial charge < -0.3 is 5.32 Å². The lowest BCUT2D eigenvalue weighted by molar-refractivity contribution is -0.113. The molecule has 0 unspecified atom stereocenters. The predicted octanol–water partition coefficient (Wildman–Crippen LogP) is 1.80. The van der Waals surface area contributed by atoms with Crippen LogP contribution in [0.15, 0.2) is 30.0 Å². The summed E-state index contributed by atoms with van der Waals surface area (Å²) in [7, 11) is 0. The summed E-state index contributed by atoms with van der Waals surface area (Å²) in [6.45, 7) is 3.21. The van der Waals surface area contributed by atoms with Gasteiger partial charge in [-0.3, -0.25) is 4.79 Å². The maximum absolute atomic E-state index is 10.9. The number of nitrogens with one attached hydrogen (secondary N) is 1. The van der Waals surface area contributed by atoms with Gasteiger partial charge in [0.25, 0.3) is 0 Å². The van der Waals surface area contributed by atoms with E-state index in [2.05, 4.69) is 10.3 Å². The van der Waals surface area contributed by atoms with Gasteiger partial charge in [0.1, 0.15) is 17.5 Å². The highest BCUT2D eigenvalue weighted by Gasteiger charge is 2.01. The van der Waals surface area contributed by atoms with Gasteiger partial charge in [0.05, 0.1) is 0 Å². The predicted molar refractivity (Wildman–Crippen MR) is 57.0 cm³/mol. The Morgan fingerprint density at radius 2 is 2.33 bits per heavy atom. The van der Waals surface area contributed by atoms with E-state index < -0.39 is 0 Å². The third-order valence-corrected chi connectivity index (χ3v) is 1.75. The number of hydrogen-bond acceptors (Lipinski definition) is 4. The van der Waals surface area contributed by atoms with E-state index in [1.807, 2.05) is 25.1 Å². The average Bonchev–Trinajstić information content (AvgIpc) is 2.18. The van der Waals surface area contributed by atoms with Crippen LogP contribution in [0, 0.1) is 18.3 Å². The monoisotopic (exact) mass is 201 g/mol. The van der Waals surface area contributed by atoms with Crippen molar-refractivity contribution in [1.82, 2.24) is 4.98 Å². The third-order valence-electron chi connectivity index (χ3n) is 1.75. The Morgan fingerprint density at radius 3 is 2.87 bits per heavy atom. The van der Waals surface area contributed by atoms with Gasteiger partial charge in [-0.05, 0) is 26.0 Å². The maximum Gasteiger partial charge on any atom is 0.171 e. The Bertz CT molecular complexity index is 443. The van der Waals surface area contributed by atoms with Crippen LogP contribution in [0.2, 0.25) is 0 Å². The number of rotatable bonds is 3. The van der Waals surface area contributed by atoms with E-state index in [0.29, 0.717) is 5.82 Å². The number of carbonyl (C=O) groups excluding carboxylic acids is 1. The standard InChI is InChI=1S/C11H11N3O/c1-8-4-3-5-11(14-8)13-7-10(6-12)9(2)15/h3-5,7H,1-2H3,(H,13,14)/b10-7+. The molecule has 0 atom stereocenters. The molecule has 0 bridgehead atoms. The molecule has 0 amide bonds. The summed E-state index contributed by atoms with van der Waals surface area (Å²) in [6, 6.07) is 7.28. The molecule has 0 fully saturated rings. The maximum atomic E-state index is 10.9. The summed E-state index contributed by atoms with van der Waals surface area (Å²) in [5.74, 6) is 0.349. The Balaban J connectivity index is 2.80. The molecule has 1 N–H and O–H groups in total. The van der Waals surface area contributed by atoms with Crippen LogP contribution in [0.5, 0.6) is 0 Å². The van der Waals surface area contributed by atoms with E-state index in [1.165, 1.54) is 13.1 Å². The highest BCUT2D eigenvalue weighted by Crippen LogP contribution is 2.04. The summed E-state index contributed by atoms with van der Waals surface area (Å²) in [5.41, 5.74) is 0.952. The number of allylic oxidation sites excluding steroid dienone is 1. The van der Waals surface area contributed by atoms with E-state index in [1.54, 1.807) is 6.07 Å². The van der Waals surface area contributed by atoms with Crippen LogP contribution in [0.3, 0.4) is 0 Å². The largest absolute Gasteiger partial charge is 0.345 e. The number of anilines is 1. The van der Waals surface area contributed by atoms with E-state index in [0.717, 1.165) is 5.69 Å². The van der Waals surface area contributed by atoms with Gasteiger partial charge in [0.2, 0.25) is 0 Å². The lowest BCUT2D eigenvalue weighted by Crippen LogP contribution is -1.99. The molecular formula is C11H11N3O. The smallest absolute Gasteiger partial charge is 0.171 e. The zero-order valence-corrected chi connectivity index (χ0v) is 8.61. The number of hydrogen-bond donors (Lipinski definition) is 1. The van der Waals surface area contributed by atoms with Crippen LogP contribution in [-0.2, 0) is 4.79 Å². The molecule has 0 aliphatic rings. The fourth-order valence-corrected chi connectivity index (χ4v) is 0.982. The highest BCUT2D eigenvalue weighted by atomic mass is 16.1. The molecule has 0 aliphatic carbocycles. The van der Waals surface area contributed by atoms with Crippen molar-refractivity contribution in [3.05, 3.63) is 35.7 Å². The van der Waals surface area contributed by atoms with Crippen molar-refractivity contribution in [3.8, 4) is 6.07 Å². The molecule has 0 radical (unpaired) electrons. The summed E-state index contributed by atoms with van der Waals surface area (Å²) in [4.78, 5) is 15.1. The van der Waals surface area contributed by atoms with Crippen molar-refractivity contribution >= 4 is 11.6 Å². The van der Waals surface area contributed by atoms with Crippen LogP contribution in [-0.4, -0.2) is 10.8 Å². The minimum absolute atomic E-state index is 0.0818. The molecule has 1 rings (SSSR count). The van der Waals surface area contributed by atoms with Crippen molar-refractivity contribution in [2.24, 2.45) is 0 Å². The molecule has 1 aromatic rings. The Morgan fingerprint density at radius 1 is 1.60 bits per heavy atom. The molecule has 0 aliphatic heterocycles. The highest BCUT2D eigenvalue weighted by molar-refractivity contribution is 5.97. The number of Topliss-reactive ketones (excluding diaryl/α,β-unsaturated/α-hetero) is 1.